The Labute approximate surface area is 679 Å². The molecule has 592 valence electrons. The summed E-state index contributed by atoms with van der Waals surface area (Å²) < 4.78 is 40.2. The van der Waals surface area contributed by atoms with Crippen LogP contribution < -0.4 is 10.6 Å². The lowest BCUT2D eigenvalue weighted by atomic mass is 9.97. The van der Waals surface area contributed by atoms with Crippen molar-refractivity contribution >= 4 is 104 Å². The topological polar surface area (TPSA) is 315 Å². The van der Waals surface area contributed by atoms with Crippen LogP contribution in [0.3, 0.4) is 0 Å². The first-order valence-electron chi connectivity index (χ1n) is 37.5. The third-order valence-electron chi connectivity index (χ3n) is 19.8. The third kappa shape index (κ3) is 18.2. The lowest BCUT2D eigenvalue weighted by Gasteiger charge is -2.13. The van der Waals surface area contributed by atoms with Gasteiger partial charge in [0.2, 0.25) is 23.6 Å². The number of carbonyl (C=O) groups excluding carboxylic acids is 8. The minimum Gasteiger partial charge on any atom is -0.481 e. The Bertz CT molecular complexity index is 5510. The molecule has 8 aromatic rings. The van der Waals surface area contributed by atoms with E-state index in [1.165, 1.54) is 93.3 Å². The lowest BCUT2D eigenvalue weighted by Crippen LogP contribution is -2.16. The van der Waals surface area contributed by atoms with Crippen molar-refractivity contribution in [2.45, 2.75) is 38.5 Å². The Morgan fingerprint density at radius 2 is 0.458 bits per heavy atom. The average molecular weight is 1580 g/mol. The van der Waals surface area contributed by atoms with E-state index < -0.39 is 35.8 Å². The predicted molar refractivity (Wildman–Crippen MR) is 449 cm³/mol. The van der Waals surface area contributed by atoms with E-state index in [4.69, 9.17) is 47.9 Å². The number of ether oxygens (including phenoxy) is 8. The van der Waals surface area contributed by atoms with E-state index in [1.54, 1.807) is 136 Å². The van der Waals surface area contributed by atoms with Gasteiger partial charge in [0.15, 0.2) is 0 Å². The second kappa shape index (κ2) is 37.2. The number of nitrogens with one attached hydrogen (secondary N) is 4. The largest absolute Gasteiger partial charge is 0.481 e. The molecule has 4 N–H and O–H groups in total. The van der Waals surface area contributed by atoms with Crippen LogP contribution in [0.15, 0.2) is 297 Å². The molecular weight excluding hydrogens is 1500 g/mol. The summed E-state index contributed by atoms with van der Waals surface area (Å²) in [6.07, 6.45) is 30.0. The van der Waals surface area contributed by atoms with Crippen LogP contribution in [0.2, 0.25) is 0 Å². The minimum absolute atomic E-state index is 0.267. The van der Waals surface area contributed by atoms with Gasteiger partial charge in [0.1, 0.15) is 0 Å². The van der Waals surface area contributed by atoms with Gasteiger partial charge in [-0.3, -0.25) is 9.59 Å². The SMILES string of the molecule is C1CCCCC1.COC(=O)c1ccc(/C(C2=N/C(=C(/c3ccc(C(=O)OC)cc3)c3ccc(/C(=C4/C=CC(OC)=N4)c4ccc(C(=O)OC)cc4)[nH]3)C=C2)=C2\C=CC(=O)N2)cc1.COC(=O)c1ccc(/C(C2=N/C(=C(/c3ccc(C(=O)OC)cc3)c3ccc(/C(=C4/C=CC(OC)=N4)c4ccc(C(=O)OC)cc4)[nH]3)C=C2)=C2\C=CC(=O)N2)cc1. The van der Waals surface area contributed by atoms with Crippen LogP contribution in [-0.4, -0.2) is 138 Å². The molecule has 2 aromatic heterocycles. The summed E-state index contributed by atoms with van der Waals surface area (Å²) in [4.78, 5) is 125. The minimum atomic E-state index is -0.469. The maximum Gasteiger partial charge on any atom is 0.337 e. The van der Waals surface area contributed by atoms with Gasteiger partial charge in [-0.15, -0.1) is 0 Å². The van der Waals surface area contributed by atoms with Crippen molar-refractivity contribution < 1.29 is 76.3 Å². The van der Waals surface area contributed by atoms with Gasteiger partial charge in [-0.25, -0.2) is 48.7 Å². The first-order chi connectivity index (χ1) is 57.4. The molecule has 2 amide bonds. The first kappa shape index (κ1) is 80.8. The standard InChI is InChI=1S/2C44H34N4O8.C6H12/c2*1-53-38-24-22-36(48-38)41(27-9-15-30(16-10-27)44(52)56-4)34-20-18-32(46-34)39(25-5-11-28(12-6-25)42(50)54-2)31-17-19-33(45-31)40(35-21-23-37(49)47-35)26-7-13-29(14-8-26)43(51)55-3;1-2-4-6-5-3-1/h2*5-24,46H,1-4H3,(H,47,49);1-6H2/b2*39-31-,40-35-,41-36-;. The molecule has 24 nitrogen and oxygen atoms in total. The van der Waals surface area contributed by atoms with Crippen molar-refractivity contribution in [3.8, 4) is 0 Å². The zero-order valence-corrected chi connectivity index (χ0v) is 65.7. The van der Waals surface area contributed by atoms with Crippen molar-refractivity contribution in [1.29, 1.82) is 0 Å². The van der Waals surface area contributed by atoms with Gasteiger partial charge < -0.3 is 58.5 Å². The highest BCUT2D eigenvalue weighted by atomic mass is 16.5. The molecule has 0 atom stereocenters. The molecule has 24 heteroatoms. The van der Waals surface area contributed by atoms with Crippen molar-refractivity contribution in [3.05, 3.63) is 366 Å². The Hall–Kier alpha value is -15.2. The number of H-pyrrole nitrogens is 2. The van der Waals surface area contributed by atoms with E-state index in [9.17, 15) is 38.4 Å². The summed E-state index contributed by atoms with van der Waals surface area (Å²) in [7, 11) is 11.1. The fourth-order valence-electron chi connectivity index (χ4n) is 13.9. The molecule has 0 spiro atoms. The molecule has 1 saturated carbocycles. The van der Waals surface area contributed by atoms with E-state index in [1.807, 2.05) is 109 Å². The van der Waals surface area contributed by atoms with Gasteiger partial charge in [0.25, 0.3) is 0 Å². The summed E-state index contributed by atoms with van der Waals surface area (Å²) in [5, 5.41) is 5.77. The predicted octanol–water partition coefficient (Wildman–Crippen LogP) is 15.6. The summed E-state index contributed by atoms with van der Waals surface area (Å²) in [6, 6.07) is 49.5. The fraction of sp³-hybridized carbons (Fsp3) is 0.149. The van der Waals surface area contributed by atoms with Gasteiger partial charge in [-0.1, -0.05) is 111 Å². The Balaban J connectivity index is 0.000000191. The van der Waals surface area contributed by atoms with Gasteiger partial charge in [0.05, 0.1) is 136 Å². The molecule has 0 saturated heterocycles. The van der Waals surface area contributed by atoms with Crippen molar-refractivity contribution in [2.75, 3.05) is 56.9 Å². The molecule has 15 rings (SSSR count). The maximum absolute atomic E-state index is 12.4. The molecule has 0 unspecified atom stereocenters. The van der Waals surface area contributed by atoms with Crippen LogP contribution in [-0.2, 0) is 47.5 Å². The molecule has 7 aliphatic rings. The molecule has 6 aliphatic heterocycles. The number of rotatable bonds is 18. The highest BCUT2D eigenvalue weighted by molar-refractivity contribution is 6.33. The third-order valence-corrected chi connectivity index (χ3v) is 19.8. The summed E-state index contributed by atoms with van der Waals surface area (Å²) in [5.74, 6) is -2.42. The number of amides is 2. The quantitative estimate of drug-likeness (QED) is 0.0458. The molecule has 6 aromatic carbocycles. The zero-order chi connectivity index (χ0) is 82.9. The molecule has 1 fully saturated rings. The van der Waals surface area contributed by atoms with E-state index in [2.05, 4.69) is 30.6 Å². The van der Waals surface area contributed by atoms with Crippen molar-refractivity contribution in [1.82, 2.24) is 20.6 Å². The average Bonchev–Trinajstić information content (AvgIpc) is 1.62. The smallest absolute Gasteiger partial charge is 0.337 e. The van der Waals surface area contributed by atoms with E-state index >= 15 is 0 Å². The highest BCUT2D eigenvalue weighted by Crippen LogP contribution is 2.40. The van der Waals surface area contributed by atoms with Crippen LogP contribution in [0.4, 0.5) is 0 Å². The van der Waals surface area contributed by atoms with Gasteiger partial charge >= 0.3 is 35.8 Å². The van der Waals surface area contributed by atoms with E-state index in [-0.39, 0.29) is 11.8 Å². The number of hydrogen-bond acceptors (Lipinski definition) is 20. The van der Waals surface area contributed by atoms with Crippen LogP contribution in [0.5, 0.6) is 0 Å². The molecular formula is C94H80N8O16. The normalized spacial score (nSPS) is 17.3. The number of methoxy groups -OCH3 is 8. The summed E-state index contributed by atoms with van der Waals surface area (Å²) >= 11 is 0. The van der Waals surface area contributed by atoms with Crippen LogP contribution in [0.1, 0.15) is 157 Å². The second-order valence-corrected chi connectivity index (χ2v) is 27.0. The monoisotopic (exact) mass is 1580 g/mol. The van der Waals surface area contributed by atoms with Crippen molar-refractivity contribution in [3.63, 3.8) is 0 Å². The number of carbonyl (C=O) groups is 8. The summed E-state index contributed by atoms with van der Waals surface area (Å²) in [6.45, 7) is 0. The number of aliphatic imine (C=N–C) groups is 4. The van der Waals surface area contributed by atoms with Gasteiger partial charge in [0, 0.05) is 80.5 Å². The number of aromatic amines is 2. The molecule has 0 radical (unpaired) electrons. The Morgan fingerprint density at radius 1 is 0.246 bits per heavy atom. The fourth-order valence-corrected chi connectivity index (χ4v) is 13.9. The number of esters is 6. The molecule has 118 heavy (non-hydrogen) atoms. The second-order valence-electron chi connectivity index (χ2n) is 27.0. The Kier molecular flexibility index (Phi) is 25.5. The molecule has 1 aliphatic carbocycles. The van der Waals surface area contributed by atoms with E-state index in [0.29, 0.717) is 147 Å². The van der Waals surface area contributed by atoms with Crippen LogP contribution in [0, 0.1) is 0 Å². The first-order valence-corrected chi connectivity index (χ1v) is 37.5. The van der Waals surface area contributed by atoms with Gasteiger partial charge in [-0.2, -0.15) is 0 Å². The highest BCUT2D eigenvalue weighted by Gasteiger charge is 2.29. The zero-order valence-electron chi connectivity index (χ0n) is 65.7. The lowest BCUT2D eigenvalue weighted by molar-refractivity contribution is -0.116. The molecule has 8 heterocycles. The number of benzene rings is 6. The maximum atomic E-state index is 12.4. The van der Waals surface area contributed by atoms with E-state index in [0.717, 1.165) is 33.4 Å². The van der Waals surface area contributed by atoms with Crippen LogP contribution >= 0.6 is 0 Å². The Morgan fingerprint density at radius 3 is 0.661 bits per heavy atom. The van der Waals surface area contributed by atoms with Crippen LogP contribution in [0.25, 0.3) is 33.4 Å². The number of nitrogens with zero attached hydrogens (tertiary/aromatic N) is 4. The van der Waals surface area contributed by atoms with Gasteiger partial charge in [-0.05, 0) is 179 Å². The molecule has 0 bridgehead atoms. The van der Waals surface area contributed by atoms with Crippen molar-refractivity contribution in [2.24, 2.45) is 20.0 Å². The summed E-state index contributed by atoms with van der Waals surface area (Å²) in [5.41, 5.74) is 18.5. The number of hydrogen-bond donors (Lipinski definition) is 4. The number of aromatic nitrogens is 2. The number of allylic oxidation sites excluding steroid dienone is 10.